The van der Waals surface area contributed by atoms with Crippen molar-refractivity contribution >= 4 is 13.1 Å². The lowest BCUT2D eigenvalue weighted by molar-refractivity contribution is -0.147. The number of unbranched alkanes of at least 4 members (excludes halogenated alkanes) is 1. The Morgan fingerprint density at radius 2 is 1.88 bits per heavy atom. The van der Waals surface area contributed by atoms with Gasteiger partial charge in [0.1, 0.15) is 5.54 Å². The van der Waals surface area contributed by atoms with E-state index in [0.717, 1.165) is 25.9 Å². The van der Waals surface area contributed by atoms with E-state index in [4.69, 9.17) is 15.8 Å². The maximum atomic E-state index is 11.8. The van der Waals surface area contributed by atoms with E-state index in [1.54, 1.807) is 0 Å². The highest BCUT2D eigenvalue weighted by Crippen LogP contribution is 2.34. The van der Waals surface area contributed by atoms with Gasteiger partial charge in [-0.25, -0.2) is 0 Å². The fraction of sp³-hybridized carbons (Fsp3) is 0.632. The molecule has 144 valence electrons. The van der Waals surface area contributed by atoms with Crippen LogP contribution in [0.5, 0.6) is 0 Å². The zero-order valence-electron chi connectivity index (χ0n) is 15.6. The standard InChI is InChI=1S/C19H31BN2O4/c1-15(16-7-3-2-4-8-16)22-13-9-17(10-14-22)19(21,18(23)24)11-5-6-12-20(25)26/h2-4,7-8,15,17,25-26H,5-6,9-14,21H2,1H3,(H,23,24)/t15?,19-/m1/s1. The van der Waals surface area contributed by atoms with Gasteiger partial charge in [-0.1, -0.05) is 43.2 Å². The van der Waals surface area contributed by atoms with Crippen LogP contribution in [-0.4, -0.2) is 51.8 Å². The third-order valence-electron chi connectivity index (χ3n) is 5.79. The molecule has 0 saturated carbocycles. The van der Waals surface area contributed by atoms with Gasteiger partial charge in [0.05, 0.1) is 0 Å². The molecular weight excluding hydrogens is 331 g/mol. The van der Waals surface area contributed by atoms with Crippen LogP contribution in [0.25, 0.3) is 0 Å². The van der Waals surface area contributed by atoms with Crippen LogP contribution in [0.2, 0.25) is 6.32 Å². The maximum Gasteiger partial charge on any atom is 0.451 e. The summed E-state index contributed by atoms with van der Waals surface area (Å²) >= 11 is 0. The van der Waals surface area contributed by atoms with Gasteiger partial charge in [0, 0.05) is 6.04 Å². The van der Waals surface area contributed by atoms with Crippen LogP contribution in [0.3, 0.4) is 0 Å². The molecule has 0 bridgehead atoms. The molecule has 5 N–H and O–H groups in total. The maximum absolute atomic E-state index is 11.8. The van der Waals surface area contributed by atoms with Gasteiger partial charge in [-0.05, 0) is 57.1 Å². The molecule has 1 saturated heterocycles. The fourth-order valence-corrected chi connectivity index (χ4v) is 3.97. The SMILES string of the molecule is CC(c1ccccc1)N1CCC([C@](N)(CCCCB(O)O)C(=O)O)CC1. The number of nitrogens with zero attached hydrogens (tertiary/aromatic N) is 1. The monoisotopic (exact) mass is 362 g/mol. The van der Waals surface area contributed by atoms with Crippen molar-refractivity contribution in [2.75, 3.05) is 13.1 Å². The molecule has 0 radical (unpaired) electrons. The number of nitrogens with two attached hydrogens (primary N) is 1. The van der Waals surface area contributed by atoms with E-state index in [0.29, 0.717) is 25.3 Å². The molecular formula is C19H31BN2O4. The first-order valence-electron chi connectivity index (χ1n) is 9.52. The Bertz CT molecular complexity index is 564. The van der Waals surface area contributed by atoms with Gasteiger partial charge in [-0.15, -0.1) is 0 Å². The number of rotatable bonds is 9. The van der Waals surface area contributed by atoms with Gasteiger partial charge in [-0.3, -0.25) is 9.69 Å². The van der Waals surface area contributed by atoms with Gasteiger partial charge in [0.2, 0.25) is 0 Å². The smallest absolute Gasteiger partial charge is 0.451 e. The predicted octanol–water partition coefficient (Wildman–Crippen LogP) is 1.88. The van der Waals surface area contributed by atoms with Crippen molar-refractivity contribution in [2.45, 2.75) is 56.9 Å². The number of aliphatic carboxylic acids is 1. The lowest BCUT2D eigenvalue weighted by atomic mass is 9.74. The molecule has 1 aromatic carbocycles. The van der Waals surface area contributed by atoms with Crippen LogP contribution in [-0.2, 0) is 4.79 Å². The molecule has 1 unspecified atom stereocenters. The first kappa shape index (κ1) is 20.9. The summed E-state index contributed by atoms with van der Waals surface area (Å²) in [5.41, 5.74) is 6.36. The van der Waals surface area contributed by atoms with E-state index in [9.17, 15) is 9.90 Å². The molecule has 2 atom stereocenters. The van der Waals surface area contributed by atoms with Crippen LogP contribution in [0.1, 0.15) is 50.6 Å². The van der Waals surface area contributed by atoms with Crippen LogP contribution in [0.15, 0.2) is 30.3 Å². The number of piperidine rings is 1. The van der Waals surface area contributed by atoms with Crippen molar-refractivity contribution in [3.8, 4) is 0 Å². The molecule has 1 aliphatic rings. The molecule has 2 rings (SSSR count). The Labute approximate surface area is 156 Å². The van der Waals surface area contributed by atoms with E-state index < -0.39 is 18.6 Å². The van der Waals surface area contributed by atoms with Crippen molar-refractivity contribution in [2.24, 2.45) is 11.7 Å². The summed E-state index contributed by atoms with van der Waals surface area (Å²) in [4.78, 5) is 14.2. The first-order chi connectivity index (χ1) is 12.3. The molecule has 6 nitrogen and oxygen atoms in total. The van der Waals surface area contributed by atoms with Gasteiger partial charge < -0.3 is 20.9 Å². The summed E-state index contributed by atoms with van der Waals surface area (Å²) in [5.74, 6) is -1.00. The Balaban J connectivity index is 1.91. The minimum Gasteiger partial charge on any atom is -0.480 e. The van der Waals surface area contributed by atoms with Crippen molar-refractivity contribution < 1.29 is 19.9 Å². The van der Waals surface area contributed by atoms with E-state index in [1.807, 2.05) is 18.2 Å². The first-order valence-corrected chi connectivity index (χ1v) is 9.52. The highest BCUT2D eigenvalue weighted by atomic mass is 16.4. The third kappa shape index (κ3) is 5.30. The molecule has 1 aliphatic heterocycles. The average Bonchev–Trinajstić information content (AvgIpc) is 2.65. The Hall–Kier alpha value is -1.41. The van der Waals surface area contributed by atoms with Crippen molar-refractivity contribution in [3.05, 3.63) is 35.9 Å². The topological polar surface area (TPSA) is 107 Å². The Kier molecular flexibility index (Phi) is 7.64. The lowest BCUT2D eigenvalue weighted by Gasteiger charge is -2.42. The van der Waals surface area contributed by atoms with Crippen LogP contribution >= 0.6 is 0 Å². The number of carboxylic acids is 1. The normalized spacial score (nSPS) is 19.7. The number of hydrogen-bond acceptors (Lipinski definition) is 5. The van der Waals surface area contributed by atoms with Crippen molar-refractivity contribution in [1.82, 2.24) is 4.90 Å². The molecule has 1 aromatic rings. The van der Waals surface area contributed by atoms with E-state index in [-0.39, 0.29) is 12.2 Å². The molecule has 0 aliphatic carbocycles. The quantitative estimate of drug-likeness (QED) is 0.395. The van der Waals surface area contributed by atoms with E-state index in [2.05, 4.69) is 24.0 Å². The second kappa shape index (κ2) is 9.51. The Morgan fingerprint density at radius 1 is 1.27 bits per heavy atom. The van der Waals surface area contributed by atoms with Crippen LogP contribution < -0.4 is 5.73 Å². The highest BCUT2D eigenvalue weighted by molar-refractivity contribution is 6.40. The zero-order valence-corrected chi connectivity index (χ0v) is 15.6. The average molecular weight is 362 g/mol. The van der Waals surface area contributed by atoms with E-state index in [1.165, 1.54) is 5.56 Å². The third-order valence-corrected chi connectivity index (χ3v) is 5.79. The van der Waals surface area contributed by atoms with Gasteiger partial charge in [0.15, 0.2) is 0 Å². The van der Waals surface area contributed by atoms with Crippen LogP contribution in [0.4, 0.5) is 0 Å². The minimum atomic E-state index is -1.34. The highest BCUT2D eigenvalue weighted by Gasteiger charge is 2.43. The molecule has 26 heavy (non-hydrogen) atoms. The zero-order chi connectivity index (χ0) is 19.2. The molecule has 7 heteroatoms. The number of likely N-dealkylation sites (tertiary alicyclic amines) is 1. The summed E-state index contributed by atoms with van der Waals surface area (Å²) in [5, 5.41) is 27.5. The Morgan fingerprint density at radius 3 is 2.42 bits per heavy atom. The molecule has 1 fully saturated rings. The summed E-state index contributed by atoms with van der Waals surface area (Å²) in [7, 11) is -1.34. The summed E-state index contributed by atoms with van der Waals surface area (Å²) < 4.78 is 0. The summed E-state index contributed by atoms with van der Waals surface area (Å²) in [6.07, 6.45) is 3.30. The second-order valence-corrected chi connectivity index (χ2v) is 7.47. The summed E-state index contributed by atoms with van der Waals surface area (Å²) in [6, 6.07) is 10.6. The summed E-state index contributed by atoms with van der Waals surface area (Å²) in [6.45, 7) is 3.85. The largest absolute Gasteiger partial charge is 0.480 e. The van der Waals surface area contributed by atoms with Crippen LogP contribution in [0, 0.1) is 5.92 Å². The predicted molar refractivity (Wildman–Crippen MR) is 103 cm³/mol. The van der Waals surface area contributed by atoms with Gasteiger partial charge >= 0.3 is 13.1 Å². The number of carboxylic acid groups (broad SMARTS) is 1. The number of carbonyl (C=O) groups is 1. The van der Waals surface area contributed by atoms with Gasteiger partial charge in [-0.2, -0.15) is 0 Å². The number of hydrogen-bond donors (Lipinski definition) is 4. The van der Waals surface area contributed by atoms with Crippen molar-refractivity contribution in [3.63, 3.8) is 0 Å². The number of benzene rings is 1. The second-order valence-electron chi connectivity index (χ2n) is 7.47. The molecule has 1 heterocycles. The van der Waals surface area contributed by atoms with Crippen molar-refractivity contribution in [1.29, 1.82) is 0 Å². The van der Waals surface area contributed by atoms with E-state index >= 15 is 0 Å². The minimum absolute atomic E-state index is 0.0572. The molecule has 0 spiro atoms. The lowest BCUT2D eigenvalue weighted by Crippen LogP contribution is -2.57. The molecule has 0 amide bonds. The fourth-order valence-electron chi connectivity index (χ4n) is 3.97. The molecule has 0 aromatic heterocycles. The van der Waals surface area contributed by atoms with Gasteiger partial charge in [0.25, 0.3) is 0 Å².